The third-order valence-electron chi connectivity index (χ3n) is 3.83. The van der Waals surface area contributed by atoms with Gasteiger partial charge in [0.25, 0.3) is 11.5 Å². The molecular formula is C19H22N2O4. The quantitative estimate of drug-likeness (QED) is 0.587. The van der Waals surface area contributed by atoms with Gasteiger partial charge in [-0.3, -0.25) is 14.4 Å². The topological polar surface area (TPSA) is 77.4 Å². The number of carbonyl (C=O) groups is 2. The van der Waals surface area contributed by atoms with E-state index >= 15 is 0 Å². The van der Waals surface area contributed by atoms with Crippen molar-refractivity contribution in [1.29, 1.82) is 0 Å². The maximum atomic E-state index is 12.6. The van der Waals surface area contributed by atoms with Gasteiger partial charge in [0.1, 0.15) is 5.56 Å². The molecule has 0 saturated heterocycles. The Bertz CT molecular complexity index is 797. The van der Waals surface area contributed by atoms with Crippen molar-refractivity contribution < 1.29 is 14.3 Å². The number of nitrogens with zero attached hydrogens (tertiary/aromatic N) is 1. The summed E-state index contributed by atoms with van der Waals surface area (Å²) in [5.41, 5.74) is 0.814. The zero-order valence-corrected chi connectivity index (χ0v) is 14.5. The predicted octanol–water partition coefficient (Wildman–Crippen LogP) is 1.87. The van der Waals surface area contributed by atoms with E-state index in [4.69, 9.17) is 4.74 Å². The van der Waals surface area contributed by atoms with E-state index in [1.165, 1.54) is 23.9 Å². The Balaban J connectivity index is 2.39. The van der Waals surface area contributed by atoms with Gasteiger partial charge in [-0.25, -0.2) is 0 Å². The van der Waals surface area contributed by atoms with Crippen LogP contribution in [0.1, 0.15) is 39.1 Å². The van der Waals surface area contributed by atoms with E-state index in [0.29, 0.717) is 31.6 Å². The molecule has 6 heteroatoms. The lowest BCUT2D eigenvalue weighted by Gasteiger charge is -2.11. The average molecular weight is 342 g/mol. The number of methoxy groups -OCH3 is 1. The lowest BCUT2D eigenvalue weighted by atomic mass is 10.1. The van der Waals surface area contributed by atoms with Gasteiger partial charge < -0.3 is 14.6 Å². The molecular weight excluding hydrogens is 320 g/mol. The summed E-state index contributed by atoms with van der Waals surface area (Å²) in [5, 5.41) is 2.45. The second-order valence-electron chi connectivity index (χ2n) is 5.66. The Morgan fingerprint density at radius 3 is 2.56 bits per heavy atom. The molecule has 0 spiro atoms. The number of nitrogens with one attached hydrogen (secondary N) is 1. The van der Waals surface area contributed by atoms with Crippen LogP contribution in [0, 0.1) is 0 Å². The molecule has 6 nitrogen and oxygen atoms in total. The first-order valence-corrected chi connectivity index (χ1v) is 8.09. The lowest BCUT2D eigenvalue weighted by Crippen LogP contribution is -2.32. The van der Waals surface area contributed by atoms with Gasteiger partial charge in [-0.15, -0.1) is 0 Å². The SMILES string of the molecule is CNC(=O)c1cc(C(=O)CCCOC)cn(Cc2ccccc2)c1=O. The molecule has 0 radical (unpaired) electrons. The average Bonchev–Trinajstić information content (AvgIpc) is 2.63. The summed E-state index contributed by atoms with van der Waals surface area (Å²) in [4.78, 5) is 37.0. The maximum absolute atomic E-state index is 12.6. The van der Waals surface area contributed by atoms with Crippen LogP contribution in [-0.4, -0.2) is 37.0 Å². The number of aromatic nitrogens is 1. The third kappa shape index (κ3) is 4.87. The van der Waals surface area contributed by atoms with Gasteiger partial charge in [-0.2, -0.15) is 0 Å². The Labute approximate surface area is 146 Å². The molecule has 0 bridgehead atoms. The molecule has 1 N–H and O–H groups in total. The monoisotopic (exact) mass is 342 g/mol. The number of hydrogen-bond donors (Lipinski definition) is 1. The summed E-state index contributed by atoms with van der Waals surface area (Å²) in [6, 6.07) is 10.8. The molecule has 25 heavy (non-hydrogen) atoms. The molecule has 1 aromatic carbocycles. The minimum absolute atomic E-state index is 0.0315. The number of pyridine rings is 1. The minimum Gasteiger partial charge on any atom is -0.385 e. The summed E-state index contributed by atoms with van der Waals surface area (Å²) >= 11 is 0. The van der Waals surface area contributed by atoms with Crippen LogP contribution in [0.15, 0.2) is 47.4 Å². The van der Waals surface area contributed by atoms with Crippen LogP contribution in [0.25, 0.3) is 0 Å². The first-order valence-electron chi connectivity index (χ1n) is 8.09. The van der Waals surface area contributed by atoms with Crippen molar-refractivity contribution in [2.45, 2.75) is 19.4 Å². The van der Waals surface area contributed by atoms with Crippen molar-refractivity contribution in [2.24, 2.45) is 0 Å². The highest BCUT2D eigenvalue weighted by atomic mass is 16.5. The Morgan fingerprint density at radius 1 is 1.20 bits per heavy atom. The van der Waals surface area contributed by atoms with E-state index in [9.17, 15) is 14.4 Å². The van der Waals surface area contributed by atoms with Gasteiger partial charge in [0.2, 0.25) is 0 Å². The second-order valence-corrected chi connectivity index (χ2v) is 5.66. The molecule has 1 aromatic heterocycles. The molecule has 132 valence electrons. The largest absolute Gasteiger partial charge is 0.385 e. The van der Waals surface area contributed by atoms with Crippen LogP contribution in [0.4, 0.5) is 0 Å². The zero-order valence-electron chi connectivity index (χ0n) is 14.5. The first kappa shape index (κ1) is 18.6. The first-order chi connectivity index (χ1) is 12.1. The Morgan fingerprint density at radius 2 is 1.92 bits per heavy atom. The van der Waals surface area contributed by atoms with Crippen LogP contribution < -0.4 is 10.9 Å². The smallest absolute Gasteiger partial charge is 0.263 e. The van der Waals surface area contributed by atoms with E-state index in [1.54, 1.807) is 7.11 Å². The van der Waals surface area contributed by atoms with E-state index in [-0.39, 0.29) is 11.3 Å². The predicted molar refractivity (Wildman–Crippen MR) is 95.1 cm³/mol. The summed E-state index contributed by atoms with van der Waals surface area (Å²) in [6.45, 7) is 0.778. The number of benzene rings is 1. The van der Waals surface area contributed by atoms with Gasteiger partial charge in [0, 0.05) is 38.9 Å². The zero-order chi connectivity index (χ0) is 18.2. The van der Waals surface area contributed by atoms with Crippen molar-refractivity contribution in [3.05, 3.63) is 69.6 Å². The second kappa shape index (κ2) is 8.94. The van der Waals surface area contributed by atoms with E-state index in [2.05, 4.69) is 5.32 Å². The van der Waals surface area contributed by atoms with Crippen molar-refractivity contribution in [1.82, 2.24) is 9.88 Å². The molecule has 0 fully saturated rings. The van der Waals surface area contributed by atoms with Gasteiger partial charge in [-0.1, -0.05) is 30.3 Å². The number of ether oxygens (including phenoxy) is 1. The molecule has 1 heterocycles. The van der Waals surface area contributed by atoms with Crippen LogP contribution >= 0.6 is 0 Å². The van der Waals surface area contributed by atoms with Crippen LogP contribution in [0.3, 0.4) is 0 Å². The number of hydrogen-bond acceptors (Lipinski definition) is 4. The third-order valence-corrected chi connectivity index (χ3v) is 3.83. The number of ketones is 1. The molecule has 1 amide bonds. The summed E-state index contributed by atoms with van der Waals surface area (Å²) in [6.07, 6.45) is 2.41. The fourth-order valence-electron chi connectivity index (χ4n) is 2.50. The lowest BCUT2D eigenvalue weighted by molar-refractivity contribution is 0.0960. The van der Waals surface area contributed by atoms with Crippen molar-refractivity contribution in [2.75, 3.05) is 20.8 Å². The molecule has 2 rings (SSSR count). The fraction of sp³-hybridized carbons (Fsp3) is 0.316. The summed E-state index contributed by atoms with van der Waals surface area (Å²) < 4.78 is 6.36. The fourth-order valence-corrected chi connectivity index (χ4v) is 2.50. The molecule has 0 atom stereocenters. The van der Waals surface area contributed by atoms with Crippen LogP contribution in [-0.2, 0) is 11.3 Å². The van der Waals surface area contributed by atoms with Gasteiger partial charge >= 0.3 is 0 Å². The van der Waals surface area contributed by atoms with Gasteiger partial charge in [0.15, 0.2) is 5.78 Å². The number of rotatable bonds is 8. The molecule has 0 aliphatic rings. The molecule has 0 unspecified atom stereocenters. The summed E-state index contributed by atoms with van der Waals surface area (Å²) in [5.74, 6) is -0.623. The van der Waals surface area contributed by atoms with Crippen LogP contribution in [0.2, 0.25) is 0 Å². The highest BCUT2D eigenvalue weighted by Gasteiger charge is 2.16. The maximum Gasteiger partial charge on any atom is 0.263 e. The number of Topliss-reactive ketones (excluding diaryl/α,β-unsaturated/α-hetero) is 1. The van der Waals surface area contributed by atoms with Crippen molar-refractivity contribution in [3.63, 3.8) is 0 Å². The number of amides is 1. The standard InChI is InChI=1S/C19H22N2O4/c1-20-18(23)16-11-15(17(22)9-6-10-25-2)13-21(19(16)24)12-14-7-4-3-5-8-14/h3-5,7-8,11,13H,6,9-10,12H2,1-2H3,(H,20,23). The van der Waals surface area contributed by atoms with Crippen molar-refractivity contribution in [3.8, 4) is 0 Å². The minimum atomic E-state index is -0.502. The highest BCUT2D eigenvalue weighted by molar-refractivity contribution is 6.00. The highest BCUT2D eigenvalue weighted by Crippen LogP contribution is 2.09. The van der Waals surface area contributed by atoms with Crippen LogP contribution in [0.5, 0.6) is 0 Å². The molecule has 0 aliphatic heterocycles. The molecule has 0 saturated carbocycles. The normalized spacial score (nSPS) is 10.5. The summed E-state index contributed by atoms with van der Waals surface area (Å²) in [7, 11) is 3.03. The molecule has 2 aromatic rings. The van der Waals surface area contributed by atoms with Gasteiger partial charge in [-0.05, 0) is 18.1 Å². The molecule has 0 aliphatic carbocycles. The van der Waals surface area contributed by atoms with Gasteiger partial charge in [0.05, 0.1) is 6.54 Å². The van der Waals surface area contributed by atoms with E-state index < -0.39 is 11.5 Å². The van der Waals surface area contributed by atoms with E-state index in [1.807, 2.05) is 30.3 Å². The van der Waals surface area contributed by atoms with Crippen molar-refractivity contribution >= 4 is 11.7 Å². The number of carbonyl (C=O) groups excluding carboxylic acids is 2. The van der Waals surface area contributed by atoms with E-state index in [0.717, 1.165) is 5.56 Å². The Hall–Kier alpha value is -2.73. The Kier molecular flexibility index (Phi) is 6.65.